The Kier molecular flexibility index (Phi) is 9.80. The molecule has 0 amide bonds. The molecule has 2 unspecified atom stereocenters. The van der Waals surface area contributed by atoms with Gasteiger partial charge < -0.3 is 10.6 Å². The fourth-order valence-corrected chi connectivity index (χ4v) is 5.30. The summed E-state index contributed by atoms with van der Waals surface area (Å²) in [5.41, 5.74) is 7.00. The molecule has 2 atom stereocenters. The second-order valence-corrected chi connectivity index (χ2v) is 10.2. The molecule has 0 fully saturated rings. The first-order valence-electron chi connectivity index (χ1n) is 13.6. The molecule has 3 nitrogen and oxygen atoms in total. The topological polar surface area (TPSA) is 27.3 Å². The standard InChI is InChI=1S/C32H43N3/c1-3-27(18-20-33-23-28-10-5-4-6-11-28)15-14-26(2)30-17-16-29-12-9-21-35(24-31(29)22-30)25-32-13-7-8-19-34-32/h4-8,10-11,13,16-17,19,22,27,32-34H,2-3,9,12,14-15,18,20-21,23-25H2,1H3. The third kappa shape index (κ3) is 7.95. The molecule has 2 heterocycles. The second kappa shape index (κ2) is 13.5. The summed E-state index contributed by atoms with van der Waals surface area (Å²) in [6.45, 7) is 12.1. The molecule has 2 N–H and O–H groups in total. The second-order valence-electron chi connectivity index (χ2n) is 10.2. The molecule has 0 saturated carbocycles. The highest BCUT2D eigenvalue weighted by Crippen LogP contribution is 2.27. The maximum absolute atomic E-state index is 4.50. The first kappa shape index (κ1) is 25.5. The SMILES string of the molecule is C=C(CCC(CC)CCNCc1ccccc1)c1ccc2c(c1)CN(CC1C=CC=CN1)CCC2. The van der Waals surface area contributed by atoms with Crippen LogP contribution in [0.15, 0.2) is 79.5 Å². The lowest BCUT2D eigenvalue weighted by Gasteiger charge is -2.26. The Morgan fingerprint density at radius 3 is 2.80 bits per heavy atom. The minimum absolute atomic E-state index is 0.410. The van der Waals surface area contributed by atoms with E-state index < -0.39 is 0 Å². The lowest BCUT2D eigenvalue weighted by molar-refractivity contribution is 0.256. The maximum atomic E-state index is 4.50. The van der Waals surface area contributed by atoms with Gasteiger partial charge in [0.25, 0.3) is 0 Å². The number of dihydropyridines is 1. The van der Waals surface area contributed by atoms with Crippen LogP contribution in [-0.2, 0) is 19.5 Å². The summed E-state index contributed by atoms with van der Waals surface area (Å²) in [6.07, 6.45) is 15.7. The highest BCUT2D eigenvalue weighted by atomic mass is 15.1. The normalized spacial score (nSPS) is 18.5. The Bertz CT molecular complexity index is 991. The van der Waals surface area contributed by atoms with Crippen molar-refractivity contribution in [3.05, 3.63) is 102 Å². The van der Waals surface area contributed by atoms with Crippen LogP contribution in [0.3, 0.4) is 0 Å². The number of fused-ring (bicyclic) bond motifs is 1. The number of allylic oxidation sites excluding steroid dienone is 3. The van der Waals surface area contributed by atoms with E-state index in [2.05, 4.69) is 102 Å². The van der Waals surface area contributed by atoms with E-state index in [0.717, 1.165) is 45.1 Å². The summed E-state index contributed by atoms with van der Waals surface area (Å²) in [4.78, 5) is 2.61. The molecule has 2 aliphatic rings. The van der Waals surface area contributed by atoms with Gasteiger partial charge >= 0.3 is 0 Å². The van der Waals surface area contributed by atoms with Crippen LogP contribution in [0.25, 0.3) is 5.57 Å². The summed E-state index contributed by atoms with van der Waals surface area (Å²) in [5, 5.41) is 7.09. The summed E-state index contributed by atoms with van der Waals surface area (Å²) < 4.78 is 0. The van der Waals surface area contributed by atoms with Crippen molar-refractivity contribution in [3.63, 3.8) is 0 Å². The zero-order valence-electron chi connectivity index (χ0n) is 21.5. The van der Waals surface area contributed by atoms with Gasteiger partial charge in [0.1, 0.15) is 0 Å². The van der Waals surface area contributed by atoms with Gasteiger partial charge in [0.15, 0.2) is 0 Å². The Labute approximate surface area is 213 Å². The predicted molar refractivity (Wildman–Crippen MR) is 150 cm³/mol. The van der Waals surface area contributed by atoms with Gasteiger partial charge in [0.05, 0.1) is 6.04 Å². The van der Waals surface area contributed by atoms with E-state index in [-0.39, 0.29) is 0 Å². The highest BCUT2D eigenvalue weighted by Gasteiger charge is 2.18. The Balaban J connectivity index is 1.25. The Morgan fingerprint density at radius 1 is 1.11 bits per heavy atom. The van der Waals surface area contributed by atoms with E-state index in [1.807, 2.05) is 0 Å². The number of nitrogens with one attached hydrogen (secondary N) is 2. The molecular weight excluding hydrogens is 426 g/mol. The average Bonchev–Trinajstić information content (AvgIpc) is 3.10. The van der Waals surface area contributed by atoms with Crippen molar-refractivity contribution in [1.82, 2.24) is 15.5 Å². The maximum Gasteiger partial charge on any atom is 0.0569 e. The van der Waals surface area contributed by atoms with E-state index in [1.54, 1.807) is 0 Å². The van der Waals surface area contributed by atoms with Crippen molar-refractivity contribution in [3.8, 4) is 0 Å². The van der Waals surface area contributed by atoms with Crippen molar-refractivity contribution in [2.45, 2.75) is 64.6 Å². The van der Waals surface area contributed by atoms with E-state index in [9.17, 15) is 0 Å². The molecule has 3 heteroatoms. The van der Waals surface area contributed by atoms with Crippen LogP contribution in [0.5, 0.6) is 0 Å². The van der Waals surface area contributed by atoms with Gasteiger partial charge in [-0.25, -0.2) is 0 Å². The number of benzene rings is 2. The minimum Gasteiger partial charge on any atom is -0.383 e. The minimum atomic E-state index is 0.410. The van der Waals surface area contributed by atoms with E-state index in [4.69, 9.17) is 0 Å². The van der Waals surface area contributed by atoms with Gasteiger partial charge in [-0.05, 0) is 97.3 Å². The summed E-state index contributed by atoms with van der Waals surface area (Å²) in [6, 6.07) is 18.2. The third-order valence-corrected chi connectivity index (χ3v) is 7.58. The summed E-state index contributed by atoms with van der Waals surface area (Å²) in [5.74, 6) is 0.747. The molecule has 2 aromatic carbocycles. The quantitative estimate of drug-likeness (QED) is 0.349. The van der Waals surface area contributed by atoms with Crippen molar-refractivity contribution in [1.29, 1.82) is 0 Å². The van der Waals surface area contributed by atoms with E-state index in [0.29, 0.717) is 6.04 Å². The van der Waals surface area contributed by atoms with Crippen LogP contribution >= 0.6 is 0 Å². The molecule has 186 valence electrons. The molecule has 0 bridgehead atoms. The zero-order valence-corrected chi connectivity index (χ0v) is 21.5. The smallest absolute Gasteiger partial charge is 0.0569 e. The predicted octanol–water partition coefficient (Wildman–Crippen LogP) is 6.48. The van der Waals surface area contributed by atoms with Gasteiger partial charge in [0.2, 0.25) is 0 Å². The number of aryl methyl sites for hydroxylation is 1. The fraction of sp³-hybridized carbons (Fsp3) is 0.438. The van der Waals surface area contributed by atoms with E-state index in [1.165, 1.54) is 59.9 Å². The van der Waals surface area contributed by atoms with Crippen molar-refractivity contribution >= 4 is 5.57 Å². The molecule has 2 aromatic rings. The summed E-state index contributed by atoms with van der Waals surface area (Å²) in [7, 11) is 0. The number of rotatable bonds is 12. The molecule has 0 radical (unpaired) electrons. The molecular formula is C32H43N3. The molecule has 0 aromatic heterocycles. The number of nitrogens with zero attached hydrogens (tertiary/aromatic N) is 1. The number of hydrogen-bond donors (Lipinski definition) is 2. The Hall–Kier alpha value is -2.62. The van der Waals surface area contributed by atoms with Gasteiger partial charge in [-0.15, -0.1) is 0 Å². The van der Waals surface area contributed by atoms with Crippen LogP contribution in [-0.4, -0.2) is 30.6 Å². The lowest BCUT2D eigenvalue weighted by Crippen LogP contribution is -2.38. The van der Waals surface area contributed by atoms with Gasteiger partial charge in [-0.2, -0.15) is 0 Å². The van der Waals surface area contributed by atoms with Crippen LogP contribution < -0.4 is 10.6 Å². The zero-order chi connectivity index (χ0) is 24.3. The fourth-order valence-electron chi connectivity index (χ4n) is 5.30. The van der Waals surface area contributed by atoms with Crippen LogP contribution in [0, 0.1) is 5.92 Å². The van der Waals surface area contributed by atoms with Crippen molar-refractivity contribution in [2.75, 3.05) is 19.6 Å². The van der Waals surface area contributed by atoms with Crippen molar-refractivity contribution < 1.29 is 0 Å². The molecule has 4 rings (SSSR count). The molecule has 35 heavy (non-hydrogen) atoms. The van der Waals surface area contributed by atoms with Crippen LogP contribution in [0.1, 0.15) is 61.3 Å². The first-order valence-corrected chi connectivity index (χ1v) is 13.6. The van der Waals surface area contributed by atoms with Gasteiger partial charge in [0, 0.05) is 19.6 Å². The average molecular weight is 470 g/mol. The summed E-state index contributed by atoms with van der Waals surface area (Å²) >= 11 is 0. The molecule has 0 saturated heterocycles. The number of hydrogen-bond acceptors (Lipinski definition) is 3. The largest absolute Gasteiger partial charge is 0.383 e. The molecule has 2 aliphatic heterocycles. The Morgan fingerprint density at radius 2 is 2.00 bits per heavy atom. The van der Waals surface area contributed by atoms with Crippen LogP contribution in [0.2, 0.25) is 0 Å². The first-order chi connectivity index (χ1) is 17.2. The van der Waals surface area contributed by atoms with Gasteiger partial charge in [-0.3, -0.25) is 4.90 Å². The van der Waals surface area contributed by atoms with Crippen LogP contribution in [0.4, 0.5) is 0 Å². The van der Waals surface area contributed by atoms with E-state index >= 15 is 0 Å². The molecule has 0 aliphatic carbocycles. The monoisotopic (exact) mass is 469 g/mol. The lowest BCUT2D eigenvalue weighted by atomic mass is 9.91. The van der Waals surface area contributed by atoms with Crippen molar-refractivity contribution in [2.24, 2.45) is 5.92 Å². The third-order valence-electron chi connectivity index (χ3n) is 7.58. The van der Waals surface area contributed by atoms with Gasteiger partial charge in [-0.1, -0.05) is 74.5 Å². The molecule has 0 spiro atoms. The highest BCUT2D eigenvalue weighted by molar-refractivity contribution is 5.64.